The Bertz CT molecular complexity index is 259. The SMILES string of the molecule is CNCC(C)C(=O)NCCNC(=O)C(C)(C)C. The van der Waals surface area contributed by atoms with E-state index < -0.39 is 0 Å². The van der Waals surface area contributed by atoms with Crippen LogP contribution in [0.1, 0.15) is 27.7 Å². The van der Waals surface area contributed by atoms with Crippen LogP contribution in [0.2, 0.25) is 0 Å². The molecule has 3 N–H and O–H groups in total. The summed E-state index contributed by atoms with van der Waals surface area (Å²) in [6.07, 6.45) is 0. The first-order chi connectivity index (χ1) is 7.79. The molecule has 0 aromatic heterocycles. The number of carbonyl (C=O) groups excluding carboxylic acids is 2. The Balaban J connectivity index is 3.72. The molecule has 0 bridgehead atoms. The zero-order valence-electron chi connectivity index (χ0n) is 11.5. The van der Waals surface area contributed by atoms with E-state index in [4.69, 9.17) is 0 Å². The molecule has 0 aliphatic rings. The van der Waals surface area contributed by atoms with Crippen LogP contribution in [0.25, 0.3) is 0 Å². The highest BCUT2D eigenvalue weighted by molar-refractivity contribution is 5.81. The van der Waals surface area contributed by atoms with Crippen molar-refractivity contribution in [1.82, 2.24) is 16.0 Å². The lowest BCUT2D eigenvalue weighted by molar-refractivity contribution is -0.129. The molecule has 0 heterocycles. The van der Waals surface area contributed by atoms with Gasteiger partial charge in [-0.15, -0.1) is 0 Å². The van der Waals surface area contributed by atoms with E-state index in [-0.39, 0.29) is 23.1 Å². The highest BCUT2D eigenvalue weighted by atomic mass is 16.2. The molecule has 0 spiro atoms. The van der Waals surface area contributed by atoms with Gasteiger partial charge in [0, 0.05) is 31.0 Å². The summed E-state index contributed by atoms with van der Waals surface area (Å²) < 4.78 is 0. The fourth-order valence-corrected chi connectivity index (χ4v) is 1.20. The van der Waals surface area contributed by atoms with E-state index in [1.54, 1.807) is 0 Å². The quantitative estimate of drug-likeness (QED) is 0.580. The minimum atomic E-state index is -0.385. The summed E-state index contributed by atoms with van der Waals surface area (Å²) in [6, 6.07) is 0. The molecule has 17 heavy (non-hydrogen) atoms. The van der Waals surface area contributed by atoms with Gasteiger partial charge in [0.1, 0.15) is 0 Å². The van der Waals surface area contributed by atoms with E-state index >= 15 is 0 Å². The van der Waals surface area contributed by atoms with E-state index in [0.717, 1.165) is 0 Å². The third-order valence-electron chi connectivity index (χ3n) is 2.35. The summed E-state index contributed by atoms with van der Waals surface area (Å²) in [4.78, 5) is 23.0. The minimum absolute atomic E-state index is 0.00403. The van der Waals surface area contributed by atoms with Crippen LogP contribution in [0.3, 0.4) is 0 Å². The number of hydrogen-bond acceptors (Lipinski definition) is 3. The van der Waals surface area contributed by atoms with E-state index in [2.05, 4.69) is 16.0 Å². The molecule has 5 nitrogen and oxygen atoms in total. The van der Waals surface area contributed by atoms with Crippen LogP contribution in [-0.2, 0) is 9.59 Å². The molecule has 2 amide bonds. The summed E-state index contributed by atoms with van der Waals surface area (Å²) in [7, 11) is 1.81. The predicted octanol–water partition coefficient (Wildman–Crippen LogP) is 0.120. The fraction of sp³-hybridized carbons (Fsp3) is 0.833. The van der Waals surface area contributed by atoms with E-state index in [9.17, 15) is 9.59 Å². The molecule has 0 saturated carbocycles. The fourth-order valence-electron chi connectivity index (χ4n) is 1.20. The van der Waals surface area contributed by atoms with Gasteiger partial charge < -0.3 is 16.0 Å². The Morgan fingerprint density at radius 1 is 1.12 bits per heavy atom. The van der Waals surface area contributed by atoms with Crippen molar-refractivity contribution in [1.29, 1.82) is 0 Å². The van der Waals surface area contributed by atoms with Crippen molar-refractivity contribution in [2.24, 2.45) is 11.3 Å². The average molecular weight is 243 g/mol. The van der Waals surface area contributed by atoms with Crippen LogP contribution in [0.15, 0.2) is 0 Å². The van der Waals surface area contributed by atoms with Crippen molar-refractivity contribution < 1.29 is 9.59 Å². The average Bonchev–Trinajstić information content (AvgIpc) is 2.22. The number of hydrogen-bond donors (Lipinski definition) is 3. The Morgan fingerprint density at radius 3 is 2.12 bits per heavy atom. The normalized spacial score (nSPS) is 13.0. The zero-order chi connectivity index (χ0) is 13.5. The summed E-state index contributed by atoms with van der Waals surface area (Å²) in [5.74, 6) is -0.0577. The molecule has 0 aromatic rings. The molecule has 0 aliphatic heterocycles. The summed E-state index contributed by atoms with van der Waals surface area (Å²) in [5.41, 5.74) is -0.385. The van der Waals surface area contributed by atoms with Gasteiger partial charge >= 0.3 is 0 Å². The van der Waals surface area contributed by atoms with E-state index in [1.165, 1.54) is 0 Å². The Hall–Kier alpha value is -1.10. The number of nitrogens with one attached hydrogen (secondary N) is 3. The lowest BCUT2D eigenvalue weighted by atomic mass is 9.96. The first-order valence-corrected chi connectivity index (χ1v) is 5.99. The van der Waals surface area contributed by atoms with Crippen LogP contribution < -0.4 is 16.0 Å². The summed E-state index contributed by atoms with van der Waals surface area (Å²) in [5, 5.41) is 8.51. The maximum absolute atomic E-state index is 11.5. The molecule has 1 atom stereocenters. The number of amides is 2. The highest BCUT2D eigenvalue weighted by Gasteiger charge is 2.20. The lowest BCUT2D eigenvalue weighted by Crippen LogP contribution is -2.41. The van der Waals surface area contributed by atoms with E-state index in [1.807, 2.05) is 34.7 Å². The zero-order valence-corrected chi connectivity index (χ0v) is 11.5. The molecule has 0 fully saturated rings. The molecular weight excluding hydrogens is 218 g/mol. The maximum Gasteiger partial charge on any atom is 0.225 e. The summed E-state index contributed by atoms with van der Waals surface area (Å²) >= 11 is 0. The molecular formula is C12H25N3O2. The van der Waals surface area contributed by atoms with Gasteiger partial charge in [-0.25, -0.2) is 0 Å². The third kappa shape index (κ3) is 6.94. The van der Waals surface area contributed by atoms with Crippen LogP contribution in [0.5, 0.6) is 0 Å². The predicted molar refractivity (Wildman–Crippen MR) is 68.6 cm³/mol. The molecule has 100 valence electrons. The van der Waals surface area contributed by atoms with Gasteiger partial charge in [-0.05, 0) is 7.05 Å². The second-order valence-corrected chi connectivity index (χ2v) is 5.26. The van der Waals surface area contributed by atoms with Gasteiger partial charge in [0.25, 0.3) is 0 Å². The van der Waals surface area contributed by atoms with Gasteiger partial charge in [0.05, 0.1) is 0 Å². The molecule has 0 aromatic carbocycles. The Labute approximate surface area is 104 Å². The van der Waals surface area contributed by atoms with Crippen LogP contribution in [0.4, 0.5) is 0 Å². The Kier molecular flexibility index (Phi) is 6.80. The number of carbonyl (C=O) groups is 2. The largest absolute Gasteiger partial charge is 0.354 e. The highest BCUT2D eigenvalue weighted by Crippen LogP contribution is 2.11. The van der Waals surface area contributed by atoms with Crippen LogP contribution in [-0.4, -0.2) is 38.5 Å². The van der Waals surface area contributed by atoms with Crippen LogP contribution >= 0.6 is 0 Å². The van der Waals surface area contributed by atoms with Gasteiger partial charge in [0.15, 0.2) is 0 Å². The number of rotatable bonds is 6. The summed E-state index contributed by atoms with van der Waals surface area (Å²) in [6.45, 7) is 9.02. The van der Waals surface area contributed by atoms with Crippen molar-refractivity contribution in [2.45, 2.75) is 27.7 Å². The van der Waals surface area contributed by atoms with Crippen molar-refractivity contribution in [2.75, 3.05) is 26.7 Å². The monoisotopic (exact) mass is 243 g/mol. The van der Waals surface area contributed by atoms with Crippen molar-refractivity contribution >= 4 is 11.8 Å². The maximum atomic E-state index is 11.5. The molecule has 0 rings (SSSR count). The van der Waals surface area contributed by atoms with Crippen molar-refractivity contribution in [3.05, 3.63) is 0 Å². The molecule has 0 radical (unpaired) electrons. The second kappa shape index (κ2) is 7.27. The van der Waals surface area contributed by atoms with Crippen molar-refractivity contribution in [3.63, 3.8) is 0 Å². The topological polar surface area (TPSA) is 70.2 Å². The lowest BCUT2D eigenvalue weighted by Gasteiger charge is -2.18. The second-order valence-electron chi connectivity index (χ2n) is 5.26. The Morgan fingerprint density at radius 2 is 1.65 bits per heavy atom. The van der Waals surface area contributed by atoms with Gasteiger partial charge in [-0.1, -0.05) is 27.7 Å². The minimum Gasteiger partial charge on any atom is -0.354 e. The third-order valence-corrected chi connectivity index (χ3v) is 2.35. The molecule has 5 heteroatoms. The molecule has 0 saturated heterocycles. The molecule has 0 aliphatic carbocycles. The van der Waals surface area contributed by atoms with Crippen molar-refractivity contribution in [3.8, 4) is 0 Å². The van der Waals surface area contributed by atoms with Gasteiger partial charge in [-0.2, -0.15) is 0 Å². The smallest absolute Gasteiger partial charge is 0.225 e. The standard InChI is InChI=1S/C12H25N3O2/c1-9(8-13-5)10(16)14-6-7-15-11(17)12(2,3)4/h9,13H,6-8H2,1-5H3,(H,14,16)(H,15,17). The first-order valence-electron chi connectivity index (χ1n) is 5.99. The first kappa shape index (κ1) is 15.9. The molecule has 1 unspecified atom stereocenters. The van der Waals surface area contributed by atoms with E-state index in [0.29, 0.717) is 19.6 Å². The van der Waals surface area contributed by atoms with Crippen LogP contribution in [0, 0.1) is 11.3 Å². The van der Waals surface area contributed by atoms with Gasteiger partial charge in [0.2, 0.25) is 11.8 Å². The van der Waals surface area contributed by atoms with Gasteiger partial charge in [-0.3, -0.25) is 9.59 Å².